The summed E-state index contributed by atoms with van der Waals surface area (Å²) in [5, 5.41) is 10.5. The lowest BCUT2D eigenvalue weighted by Crippen LogP contribution is -2.37. The first kappa shape index (κ1) is 13.7. The zero-order valence-electron chi connectivity index (χ0n) is 12.5. The molecule has 1 fully saturated rings. The zero-order chi connectivity index (χ0) is 14.8. The van der Waals surface area contributed by atoms with Crippen LogP contribution in [0.3, 0.4) is 0 Å². The molecule has 0 bridgehead atoms. The number of piperidine rings is 1. The van der Waals surface area contributed by atoms with Gasteiger partial charge in [0, 0.05) is 5.39 Å². The number of nitrogens with one attached hydrogen (secondary N) is 1. The van der Waals surface area contributed by atoms with Crippen LogP contribution in [0.1, 0.15) is 25.3 Å². The molecule has 0 atom stereocenters. The number of aromatic nitrogens is 1. The minimum atomic E-state index is 0.699. The summed E-state index contributed by atoms with van der Waals surface area (Å²) in [6, 6.07) is 10.2. The maximum absolute atomic E-state index is 9.46. The van der Waals surface area contributed by atoms with Crippen LogP contribution in [-0.2, 0) is 0 Å². The Morgan fingerprint density at radius 1 is 1.29 bits per heavy atom. The van der Waals surface area contributed by atoms with Crippen molar-refractivity contribution in [1.29, 1.82) is 5.26 Å². The van der Waals surface area contributed by atoms with E-state index in [1.165, 1.54) is 12.8 Å². The average Bonchev–Trinajstić information content (AvgIpc) is 2.53. The van der Waals surface area contributed by atoms with E-state index >= 15 is 0 Å². The van der Waals surface area contributed by atoms with Crippen LogP contribution in [0.5, 0.6) is 5.75 Å². The number of aromatic amines is 1. The second-order valence-corrected chi connectivity index (χ2v) is 5.77. The predicted molar refractivity (Wildman–Crippen MR) is 82.4 cm³/mol. The number of ether oxygens (including phenoxy) is 1. The fourth-order valence-corrected chi connectivity index (χ4v) is 2.89. The van der Waals surface area contributed by atoms with Crippen molar-refractivity contribution in [3.05, 3.63) is 29.8 Å². The van der Waals surface area contributed by atoms with E-state index in [0.717, 1.165) is 41.5 Å². The molecule has 0 saturated carbocycles. The van der Waals surface area contributed by atoms with E-state index in [-0.39, 0.29) is 0 Å². The lowest BCUT2D eigenvalue weighted by molar-refractivity contribution is -0.331. The molecule has 1 aromatic carbocycles. The fraction of sp³-hybridized carbons (Fsp3) is 0.412. The molecule has 1 saturated heterocycles. The third-order valence-electron chi connectivity index (χ3n) is 4.29. The number of rotatable bonds is 2. The number of H-pyrrole nitrogens is 1. The van der Waals surface area contributed by atoms with Gasteiger partial charge >= 0.3 is 0 Å². The Kier molecular flexibility index (Phi) is 3.66. The van der Waals surface area contributed by atoms with E-state index < -0.39 is 0 Å². The maximum atomic E-state index is 9.46. The molecule has 1 aromatic heterocycles. The van der Waals surface area contributed by atoms with Gasteiger partial charge in [-0.1, -0.05) is 6.92 Å². The van der Waals surface area contributed by atoms with Crippen molar-refractivity contribution in [3.8, 4) is 11.8 Å². The molecule has 0 aliphatic carbocycles. The minimum absolute atomic E-state index is 0.699. The molecule has 1 N–H and O–H groups in total. The first-order valence-electron chi connectivity index (χ1n) is 7.40. The van der Waals surface area contributed by atoms with Gasteiger partial charge in [-0.05, 0) is 43.0 Å². The number of hydrogen-bond acceptors (Lipinski definition) is 3. The molecular formula is C17H20N3O+. The largest absolute Gasteiger partial charge is 0.497 e. The molecule has 4 nitrogen and oxygen atoms in total. The monoisotopic (exact) mass is 282 g/mol. The summed E-state index contributed by atoms with van der Waals surface area (Å²) in [6.45, 7) is 4.31. The summed E-state index contributed by atoms with van der Waals surface area (Å²) in [5.41, 5.74) is 1.73. The van der Waals surface area contributed by atoms with E-state index in [1.54, 1.807) is 7.11 Å². The van der Waals surface area contributed by atoms with E-state index in [4.69, 9.17) is 4.74 Å². The topological polar surface area (TPSA) is 50.4 Å². The van der Waals surface area contributed by atoms with Crippen LogP contribution in [0, 0.1) is 17.2 Å². The first-order chi connectivity index (χ1) is 10.2. The Labute approximate surface area is 125 Å². The van der Waals surface area contributed by atoms with Crippen LogP contribution in [0.25, 0.3) is 10.9 Å². The summed E-state index contributed by atoms with van der Waals surface area (Å²) in [7, 11) is 1.65. The molecule has 3 rings (SSSR count). The van der Waals surface area contributed by atoms with Crippen molar-refractivity contribution in [2.45, 2.75) is 19.8 Å². The molecule has 2 heterocycles. The zero-order valence-corrected chi connectivity index (χ0v) is 12.5. The average molecular weight is 282 g/mol. The Balaban J connectivity index is 2.04. The standard InChI is InChI=1S/C17H19N3O/c1-12-5-7-20(8-6-12)17-14(11-18)9-13-10-15(21-2)3-4-16(13)19-17/h3-4,9-10,12H,5-8H2,1-2H3/p+1. The highest BCUT2D eigenvalue weighted by molar-refractivity contribution is 5.80. The van der Waals surface area contributed by atoms with E-state index in [0.29, 0.717) is 5.56 Å². The summed E-state index contributed by atoms with van der Waals surface area (Å²) >= 11 is 0. The smallest absolute Gasteiger partial charge is 0.293 e. The summed E-state index contributed by atoms with van der Waals surface area (Å²) in [4.78, 5) is 5.72. The van der Waals surface area contributed by atoms with Gasteiger partial charge in [-0.3, -0.25) is 4.90 Å². The maximum Gasteiger partial charge on any atom is 0.293 e. The van der Waals surface area contributed by atoms with Crippen LogP contribution in [0.2, 0.25) is 0 Å². The highest BCUT2D eigenvalue weighted by atomic mass is 16.5. The molecule has 0 radical (unpaired) electrons. The molecular weight excluding hydrogens is 262 g/mol. The lowest BCUT2D eigenvalue weighted by atomic mass is 9.99. The molecule has 1 aliphatic rings. The van der Waals surface area contributed by atoms with E-state index in [2.05, 4.69) is 22.9 Å². The number of methoxy groups -OCH3 is 1. The van der Waals surface area contributed by atoms with Crippen LogP contribution < -0.4 is 14.6 Å². The van der Waals surface area contributed by atoms with Crippen molar-refractivity contribution >= 4 is 16.7 Å². The number of anilines is 1. The molecule has 1 aliphatic heterocycles. The Hall–Kier alpha value is -2.28. The number of fused-ring (bicyclic) bond motifs is 1. The normalized spacial score (nSPS) is 16.0. The summed E-state index contributed by atoms with van der Waals surface area (Å²) in [6.07, 6.45) is 2.36. The van der Waals surface area contributed by atoms with Crippen LogP contribution in [0.4, 0.5) is 5.82 Å². The SMILES string of the molecule is COc1ccc2[nH+]c(N3CCC(C)CC3)c(C#N)cc2c1. The van der Waals surface area contributed by atoms with Gasteiger partial charge in [0.15, 0.2) is 0 Å². The molecule has 0 spiro atoms. The van der Waals surface area contributed by atoms with Crippen LogP contribution in [0.15, 0.2) is 24.3 Å². The Morgan fingerprint density at radius 3 is 2.71 bits per heavy atom. The highest BCUT2D eigenvalue weighted by Gasteiger charge is 2.26. The van der Waals surface area contributed by atoms with Crippen molar-refractivity contribution in [2.24, 2.45) is 5.92 Å². The third kappa shape index (κ3) is 2.64. The summed E-state index contributed by atoms with van der Waals surface area (Å²) < 4.78 is 5.25. The fourth-order valence-electron chi connectivity index (χ4n) is 2.89. The van der Waals surface area contributed by atoms with Crippen LogP contribution >= 0.6 is 0 Å². The number of nitrogens with zero attached hydrogens (tertiary/aromatic N) is 2. The Bertz CT molecular complexity index is 697. The number of nitriles is 1. The summed E-state index contributed by atoms with van der Waals surface area (Å²) in [5.74, 6) is 2.53. The minimum Gasteiger partial charge on any atom is -0.497 e. The number of hydrogen-bond donors (Lipinski definition) is 0. The van der Waals surface area contributed by atoms with Gasteiger partial charge in [-0.25, -0.2) is 4.98 Å². The number of pyridine rings is 1. The third-order valence-corrected chi connectivity index (χ3v) is 4.29. The van der Waals surface area contributed by atoms with Gasteiger partial charge in [-0.15, -0.1) is 0 Å². The second kappa shape index (κ2) is 5.61. The van der Waals surface area contributed by atoms with Gasteiger partial charge in [0.05, 0.1) is 20.2 Å². The molecule has 4 heteroatoms. The van der Waals surface area contributed by atoms with Gasteiger partial charge in [0.1, 0.15) is 22.9 Å². The van der Waals surface area contributed by atoms with Gasteiger partial charge in [0.2, 0.25) is 0 Å². The second-order valence-electron chi connectivity index (χ2n) is 5.77. The van der Waals surface area contributed by atoms with Crippen molar-refractivity contribution < 1.29 is 9.72 Å². The molecule has 0 unspecified atom stereocenters. The van der Waals surface area contributed by atoms with Crippen molar-refractivity contribution in [3.63, 3.8) is 0 Å². The first-order valence-corrected chi connectivity index (χ1v) is 7.40. The van der Waals surface area contributed by atoms with Gasteiger partial charge in [0.25, 0.3) is 5.82 Å². The van der Waals surface area contributed by atoms with Gasteiger partial charge < -0.3 is 4.74 Å². The van der Waals surface area contributed by atoms with E-state index in [1.807, 2.05) is 24.3 Å². The molecule has 2 aromatic rings. The quantitative estimate of drug-likeness (QED) is 0.851. The molecule has 108 valence electrons. The van der Waals surface area contributed by atoms with Gasteiger partial charge in [-0.2, -0.15) is 5.26 Å². The number of benzene rings is 1. The molecule has 21 heavy (non-hydrogen) atoms. The van der Waals surface area contributed by atoms with E-state index in [9.17, 15) is 5.26 Å². The highest BCUT2D eigenvalue weighted by Crippen LogP contribution is 2.26. The van der Waals surface area contributed by atoms with Crippen LogP contribution in [-0.4, -0.2) is 20.2 Å². The predicted octanol–water partition coefficient (Wildman–Crippen LogP) is 2.77. The van der Waals surface area contributed by atoms with Crippen molar-refractivity contribution in [2.75, 3.05) is 25.1 Å². The Morgan fingerprint density at radius 2 is 2.05 bits per heavy atom. The lowest BCUT2D eigenvalue weighted by Gasteiger charge is -2.25. The van der Waals surface area contributed by atoms with Crippen molar-refractivity contribution in [1.82, 2.24) is 0 Å². The molecule has 0 amide bonds.